The van der Waals surface area contributed by atoms with Gasteiger partial charge in [-0.1, -0.05) is 48.5 Å². The summed E-state index contributed by atoms with van der Waals surface area (Å²) in [7, 11) is 0. The highest BCUT2D eigenvalue weighted by Crippen LogP contribution is 2.14. The van der Waals surface area contributed by atoms with Gasteiger partial charge < -0.3 is 5.73 Å². The Morgan fingerprint density at radius 3 is 1.88 bits per heavy atom. The summed E-state index contributed by atoms with van der Waals surface area (Å²) < 4.78 is 0. The minimum Gasteiger partial charge on any atom is -0.383 e. The Kier molecular flexibility index (Phi) is 3.65. The molecule has 1 heterocycles. The van der Waals surface area contributed by atoms with Crippen LogP contribution in [0.25, 0.3) is 10.9 Å². The molecule has 3 heteroatoms. The van der Waals surface area contributed by atoms with Crippen molar-refractivity contribution < 1.29 is 0 Å². The number of anilines is 1. The number of para-hydroxylation sites is 1. The molecule has 3 rings (SSSR count). The second kappa shape index (κ2) is 5.61. The van der Waals surface area contributed by atoms with E-state index >= 15 is 0 Å². The van der Waals surface area contributed by atoms with Gasteiger partial charge in [0.2, 0.25) is 0 Å². The first-order valence-electron chi connectivity index (χ1n) is 5.33. The minimum absolute atomic E-state index is 0.538. The molecule has 0 aliphatic rings. The number of benzene rings is 2. The molecule has 0 amide bonds. The Balaban J connectivity index is 0.000000153. The molecule has 0 aliphatic carbocycles. The summed E-state index contributed by atoms with van der Waals surface area (Å²) in [5, 5.41) is 0.912. The van der Waals surface area contributed by atoms with Gasteiger partial charge in [-0.2, -0.15) is 0 Å². The molecule has 2 aromatic carbocycles. The fourth-order valence-corrected chi connectivity index (χ4v) is 1.41. The highest BCUT2D eigenvalue weighted by atomic mass is 14.9. The van der Waals surface area contributed by atoms with E-state index in [1.165, 1.54) is 6.33 Å². The van der Waals surface area contributed by atoms with Crippen LogP contribution in [-0.2, 0) is 0 Å². The molecule has 0 unspecified atom stereocenters. The Bertz CT molecular complexity index is 547. The summed E-state index contributed by atoms with van der Waals surface area (Å²) >= 11 is 0. The number of hydrogen-bond donors (Lipinski definition) is 1. The molecule has 0 spiro atoms. The van der Waals surface area contributed by atoms with Crippen molar-refractivity contribution in [2.45, 2.75) is 0 Å². The van der Waals surface area contributed by atoms with Crippen LogP contribution >= 0.6 is 0 Å². The third kappa shape index (κ3) is 3.01. The highest BCUT2D eigenvalue weighted by molar-refractivity contribution is 5.87. The van der Waals surface area contributed by atoms with E-state index in [9.17, 15) is 0 Å². The van der Waals surface area contributed by atoms with Gasteiger partial charge >= 0.3 is 0 Å². The number of fused-ring (bicyclic) bond motifs is 1. The predicted octanol–water partition coefficient (Wildman–Crippen LogP) is 2.90. The van der Waals surface area contributed by atoms with Gasteiger partial charge in [0.25, 0.3) is 0 Å². The molecule has 0 bridgehead atoms. The third-order valence-corrected chi connectivity index (χ3v) is 2.24. The van der Waals surface area contributed by atoms with Crippen LogP contribution in [0.2, 0.25) is 0 Å². The smallest absolute Gasteiger partial charge is 0.134 e. The molecule has 84 valence electrons. The van der Waals surface area contributed by atoms with Crippen LogP contribution in [0, 0.1) is 0 Å². The van der Waals surface area contributed by atoms with Gasteiger partial charge in [0.1, 0.15) is 12.1 Å². The summed E-state index contributed by atoms with van der Waals surface area (Å²) in [5.41, 5.74) is 6.49. The summed E-state index contributed by atoms with van der Waals surface area (Å²) in [6.45, 7) is 0. The van der Waals surface area contributed by atoms with E-state index in [4.69, 9.17) is 5.73 Å². The van der Waals surface area contributed by atoms with Crippen LogP contribution in [-0.4, -0.2) is 9.97 Å². The zero-order chi connectivity index (χ0) is 11.9. The van der Waals surface area contributed by atoms with Gasteiger partial charge in [0.15, 0.2) is 0 Å². The molecule has 1 aromatic heterocycles. The van der Waals surface area contributed by atoms with Crippen molar-refractivity contribution in [3.8, 4) is 0 Å². The molecule has 17 heavy (non-hydrogen) atoms. The van der Waals surface area contributed by atoms with Gasteiger partial charge in [0, 0.05) is 5.39 Å². The molecule has 0 fully saturated rings. The molecule has 0 saturated carbocycles. The van der Waals surface area contributed by atoms with Crippen molar-refractivity contribution >= 4 is 16.7 Å². The van der Waals surface area contributed by atoms with E-state index in [0.29, 0.717) is 5.82 Å². The second-order valence-corrected chi connectivity index (χ2v) is 3.43. The first-order valence-corrected chi connectivity index (χ1v) is 5.33. The van der Waals surface area contributed by atoms with E-state index in [2.05, 4.69) is 9.97 Å². The molecule has 2 N–H and O–H groups in total. The van der Waals surface area contributed by atoms with Gasteiger partial charge in [-0.25, -0.2) is 9.97 Å². The van der Waals surface area contributed by atoms with Crippen molar-refractivity contribution in [2.24, 2.45) is 0 Å². The minimum atomic E-state index is 0.538. The lowest BCUT2D eigenvalue weighted by Crippen LogP contribution is -1.91. The number of nitrogens with zero attached hydrogens (tertiary/aromatic N) is 2. The van der Waals surface area contributed by atoms with Crippen LogP contribution in [0.5, 0.6) is 0 Å². The molecule has 3 nitrogen and oxygen atoms in total. The van der Waals surface area contributed by atoms with Crippen LogP contribution < -0.4 is 5.73 Å². The molecule has 3 aromatic rings. The average Bonchev–Trinajstić information content (AvgIpc) is 2.42. The number of aromatic nitrogens is 2. The van der Waals surface area contributed by atoms with E-state index in [0.717, 1.165) is 10.9 Å². The van der Waals surface area contributed by atoms with Gasteiger partial charge in [0.05, 0.1) is 5.52 Å². The quantitative estimate of drug-likeness (QED) is 0.637. The lowest BCUT2D eigenvalue weighted by Gasteiger charge is -1.96. The van der Waals surface area contributed by atoms with Crippen molar-refractivity contribution in [1.82, 2.24) is 9.97 Å². The van der Waals surface area contributed by atoms with Crippen LogP contribution in [0.3, 0.4) is 0 Å². The maximum absolute atomic E-state index is 5.61. The van der Waals surface area contributed by atoms with Crippen molar-refractivity contribution in [3.05, 3.63) is 67.0 Å². The Morgan fingerprint density at radius 1 is 0.706 bits per heavy atom. The van der Waals surface area contributed by atoms with Crippen LogP contribution in [0.4, 0.5) is 5.82 Å². The average molecular weight is 223 g/mol. The largest absolute Gasteiger partial charge is 0.383 e. The number of nitrogen functional groups attached to an aromatic ring is 1. The lowest BCUT2D eigenvalue weighted by molar-refractivity contribution is 1.23. The topological polar surface area (TPSA) is 51.8 Å². The van der Waals surface area contributed by atoms with Crippen LogP contribution in [0.1, 0.15) is 0 Å². The third-order valence-electron chi connectivity index (χ3n) is 2.24. The van der Waals surface area contributed by atoms with E-state index in [1.807, 2.05) is 60.7 Å². The molecular formula is C14H13N3. The van der Waals surface area contributed by atoms with E-state index < -0.39 is 0 Å². The summed E-state index contributed by atoms with van der Waals surface area (Å²) in [4.78, 5) is 7.92. The standard InChI is InChI=1S/C8H7N3.C6H6/c9-8-6-3-1-2-4-7(6)10-5-11-8;1-2-4-6-5-3-1/h1-5H,(H2,9,10,11);1-6H. The number of nitrogens with two attached hydrogens (primary N) is 1. The SMILES string of the molecule is Nc1ncnc2ccccc12.c1ccccc1. The fraction of sp³-hybridized carbons (Fsp3) is 0. The Hall–Kier alpha value is -2.42. The maximum atomic E-state index is 5.61. The molecule has 0 aliphatic heterocycles. The van der Waals surface area contributed by atoms with Crippen molar-refractivity contribution in [2.75, 3.05) is 5.73 Å². The lowest BCUT2D eigenvalue weighted by atomic mass is 10.2. The molecular weight excluding hydrogens is 210 g/mol. The monoisotopic (exact) mass is 223 g/mol. The molecule has 0 radical (unpaired) electrons. The number of rotatable bonds is 0. The zero-order valence-corrected chi connectivity index (χ0v) is 9.32. The van der Waals surface area contributed by atoms with Crippen LogP contribution in [0.15, 0.2) is 67.0 Å². The molecule has 0 saturated heterocycles. The molecule has 0 atom stereocenters. The van der Waals surface area contributed by atoms with Gasteiger partial charge in [-0.3, -0.25) is 0 Å². The number of hydrogen-bond acceptors (Lipinski definition) is 3. The Labute approximate surface area is 100.0 Å². The Morgan fingerprint density at radius 2 is 1.29 bits per heavy atom. The highest BCUT2D eigenvalue weighted by Gasteiger charge is 1.95. The van der Waals surface area contributed by atoms with Gasteiger partial charge in [-0.05, 0) is 12.1 Å². The van der Waals surface area contributed by atoms with Crippen molar-refractivity contribution in [1.29, 1.82) is 0 Å². The van der Waals surface area contributed by atoms with Crippen molar-refractivity contribution in [3.63, 3.8) is 0 Å². The predicted molar refractivity (Wildman–Crippen MR) is 70.4 cm³/mol. The normalized spacial score (nSPS) is 9.41. The first-order chi connectivity index (χ1) is 8.38. The summed E-state index contributed by atoms with van der Waals surface area (Å²) in [6, 6.07) is 19.7. The van der Waals surface area contributed by atoms with Gasteiger partial charge in [-0.15, -0.1) is 0 Å². The van der Waals surface area contributed by atoms with E-state index in [1.54, 1.807) is 0 Å². The zero-order valence-electron chi connectivity index (χ0n) is 9.32. The fourth-order valence-electron chi connectivity index (χ4n) is 1.41. The summed E-state index contributed by atoms with van der Waals surface area (Å²) in [5.74, 6) is 0.538. The maximum Gasteiger partial charge on any atom is 0.134 e. The summed E-state index contributed by atoms with van der Waals surface area (Å²) in [6.07, 6.45) is 1.47. The second-order valence-electron chi connectivity index (χ2n) is 3.43. The first kappa shape index (κ1) is 11.1. The van der Waals surface area contributed by atoms with E-state index in [-0.39, 0.29) is 0 Å².